The Morgan fingerprint density at radius 2 is 2.18 bits per heavy atom. The van der Waals surface area contributed by atoms with Crippen molar-refractivity contribution in [3.63, 3.8) is 0 Å². The van der Waals surface area contributed by atoms with Crippen molar-refractivity contribution >= 4 is 0 Å². The van der Waals surface area contributed by atoms with Crippen LogP contribution < -0.4 is 0 Å². The maximum Gasteiger partial charge on any atom is 0 e. The van der Waals surface area contributed by atoms with Gasteiger partial charge in [-0.25, -0.2) is 12.1 Å². The van der Waals surface area contributed by atoms with E-state index in [4.69, 9.17) is 0 Å². The van der Waals surface area contributed by atoms with Gasteiger partial charge in [0.05, 0.1) is 0 Å². The van der Waals surface area contributed by atoms with Crippen LogP contribution in [-0.4, -0.2) is 0 Å². The summed E-state index contributed by atoms with van der Waals surface area (Å²) in [4.78, 5) is 0. The number of hydrogen-bond acceptors (Lipinski definition) is 0. The molecule has 1 rings (SSSR count). The maximum atomic E-state index is 2.23. The molecule has 0 aromatic heterocycles. The van der Waals surface area contributed by atoms with E-state index in [9.17, 15) is 0 Å². The third-order valence-corrected chi connectivity index (χ3v) is 1.95. The van der Waals surface area contributed by atoms with E-state index < -0.39 is 0 Å². The molecule has 0 amide bonds. The van der Waals surface area contributed by atoms with Crippen molar-refractivity contribution in [2.45, 2.75) is 33.1 Å². The predicted octanol–water partition coefficient (Wildman–Crippen LogP) is 3.05. The second-order valence-corrected chi connectivity index (χ2v) is 2.84. The smallest absolute Gasteiger partial charge is 0 e. The second-order valence-electron chi connectivity index (χ2n) is 2.84. The fraction of sp³-hybridized carbons (Fsp3) is 0.500. The first kappa shape index (κ1) is 11.2. The van der Waals surface area contributed by atoms with E-state index in [1.165, 1.54) is 30.4 Å². The minimum Gasteiger partial charge on any atom is -0.213 e. The monoisotopic (exact) mass is 225 g/mol. The first-order valence-electron chi connectivity index (χ1n) is 4.05. The molecule has 0 bridgehead atoms. The molecule has 0 saturated carbocycles. The summed E-state index contributed by atoms with van der Waals surface area (Å²) in [6, 6.07) is 6.55. The average molecular weight is 226 g/mol. The van der Waals surface area contributed by atoms with Gasteiger partial charge in [0.15, 0.2) is 0 Å². The molecule has 0 fully saturated rings. The zero-order chi connectivity index (χ0) is 7.40. The average Bonchev–Trinajstić information content (AvgIpc) is 2.31. The molecule has 0 saturated heterocycles. The Morgan fingerprint density at radius 3 is 2.64 bits per heavy atom. The number of unbranched alkanes of at least 4 members (excludes halogenated alkanes) is 1. The Balaban J connectivity index is 0.000001000. The van der Waals surface area contributed by atoms with Gasteiger partial charge in [0.1, 0.15) is 0 Å². The minimum absolute atomic E-state index is 0. The van der Waals surface area contributed by atoms with Crippen LogP contribution in [0, 0.1) is 6.92 Å². The third kappa shape index (κ3) is 3.42. The van der Waals surface area contributed by atoms with Gasteiger partial charge in [-0.15, -0.1) is 0 Å². The van der Waals surface area contributed by atoms with Crippen molar-refractivity contribution in [3.8, 4) is 0 Å². The number of rotatable bonds is 3. The summed E-state index contributed by atoms with van der Waals surface area (Å²) in [5.41, 5.74) is 2.98. The molecule has 0 unspecified atom stereocenters. The van der Waals surface area contributed by atoms with Crippen LogP contribution in [0.1, 0.15) is 30.9 Å². The van der Waals surface area contributed by atoms with Crippen LogP contribution in [0.25, 0.3) is 0 Å². The molecule has 1 aromatic carbocycles. The summed E-state index contributed by atoms with van der Waals surface area (Å²) in [5.74, 6) is 0. The van der Waals surface area contributed by atoms with Crippen LogP contribution in [-0.2, 0) is 32.6 Å². The van der Waals surface area contributed by atoms with E-state index >= 15 is 0 Å². The summed E-state index contributed by atoms with van der Waals surface area (Å²) in [6.07, 6.45) is 3.88. The topological polar surface area (TPSA) is 0 Å². The Morgan fingerprint density at radius 1 is 1.45 bits per heavy atom. The van der Waals surface area contributed by atoms with Crippen LogP contribution in [0.15, 0.2) is 18.2 Å². The quantitative estimate of drug-likeness (QED) is 0.695. The van der Waals surface area contributed by atoms with Crippen molar-refractivity contribution in [1.82, 2.24) is 0 Å². The SMILES string of the molecule is CCCC[c-]1cccc1C.[Zr]. The third-order valence-electron chi connectivity index (χ3n) is 1.95. The molecule has 60 valence electrons. The van der Waals surface area contributed by atoms with E-state index in [0.717, 1.165) is 0 Å². The molecule has 0 aliphatic carbocycles. The molecule has 0 aliphatic heterocycles. The summed E-state index contributed by atoms with van der Waals surface area (Å²) in [5, 5.41) is 0. The summed E-state index contributed by atoms with van der Waals surface area (Å²) in [7, 11) is 0. The summed E-state index contributed by atoms with van der Waals surface area (Å²) in [6.45, 7) is 4.42. The Hall–Kier alpha value is 0.233. The Bertz CT molecular complexity index is 189. The fourth-order valence-corrected chi connectivity index (χ4v) is 1.19. The minimum atomic E-state index is 0. The molecular weight excluding hydrogens is 211 g/mol. The summed E-state index contributed by atoms with van der Waals surface area (Å²) >= 11 is 0. The zero-order valence-corrected chi connectivity index (χ0v) is 9.81. The molecule has 1 aromatic rings. The first-order valence-corrected chi connectivity index (χ1v) is 4.05. The van der Waals surface area contributed by atoms with Crippen molar-refractivity contribution in [3.05, 3.63) is 29.3 Å². The van der Waals surface area contributed by atoms with E-state index in [0.29, 0.717) is 0 Å². The van der Waals surface area contributed by atoms with Crippen LogP contribution in [0.5, 0.6) is 0 Å². The van der Waals surface area contributed by atoms with Gasteiger partial charge in [-0.3, -0.25) is 0 Å². The standard InChI is InChI=1S/C10H15.Zr/c1-3-4-7-10-8-5-6-9(10)2;/h5-6,8H,3-4,7H2,1-2H3;/q-1;. The predicted molar refractivity (Wildman–Crippen MR) is 45.4 cm³/mol. The zero-order valence-electron chi connectivity index (χ0n) is 7.35. The van der Waals surface area contributed by atoms with Gasteiger partial charge in [0.25, 0.3) is 0 Å². The molecule has 0 atom stereocenters. The van der Waals surface area contributed by atoms with Gasteiger partial charge in [0, 0.05) is 26.2 Å². The molecule has 1 heteroatoms. The van der Waals surface area contributed by atoms with Crippen molar-refractivity contribution in [1.29, 1.82) is 0 Å². The van der Waals surface area contributed by atoms with Crippen LogP contribution in [0.4, 0.5) is 0 Å². The van der Waals surface area contributed by atoms with E-state index in [1.54, 1.807) is 0 Å². The van der Waals surface area contributed by atoms with Crippen molar-refractivity contribution in [2.24, 2.45) is 0 Å². The van der Waals surface area contributed by atoms with Gasteiger partial charge in [-0.05, 0) is 0 Å². The molecule has 0 radical (unpaired) electrons. The largest absolute Gasteiger partial charge is 0.213 e. The van der Waals surface area contributed by atoms with Crippen LogP contribution in [0.2, 0.25) is 0 Å². The maximum absolute atomic E-state index is 2.23. The first-order chi connectivity index (χ1) is 4.84. The Kier molecular flexibility index (Phi) is 5.95. The second kappa shape index (κ2) is 5.83. The van der Waals surface area contributed by atoms with Crippen molar-refractivity contribution in [2.75, 3.05) is 0 Å². The van der Waals surface area contributed by atoms with Gasteiger partial charge in [0.2, 0.25) is 0 Å². The van der Waals surface area contributed by atoms with Crippen LogP contribution in [0.3, 0.4) is 0 Å². The van der Waals surface area contributed by atoms with Gasteiger partial charge in [-0.2, -0.15) is 17.2 Å². The molecule has 0 spiro atoms. The Labute approximate surface area is 88.5 Å². The fourth-order valence-electron chi connectivity index (χ4n) is 1.19. The van der Waals surface area contributed by atoms with Crippen LogP contribution >= 0.6 is 0 Å². The number of hydrogen-bond donors (Lipinski definition) is 0. The molecule has 0 aliphatic rings. The molecule has 0 heterocycles. The number of aryl methyl sites for hydroxylation is 2. The molecule has 11 heavy (non-hydrogen) atoms. The molecule has 0 nitrogen and oxygen atoms in total. The molecular formula is C10H15Zr-. The van der Waals surface area contributed by atoms with E-state index in [2.05, 4.69) is 32.0 Å². The van der Waals surface area contributed by atoms with Gasteiger partial charge >= 0.3 is 0 Å². The van der Waals surface area contributed by atoms with Gasteiger partial charge < -0.3 is 0 Å². The van der Waals surface area contributed by atoms with E-state index in [1.807, 2.05) is 0 Å². The van der Waals surface area contributed by atoms with Crippen molar-refractivity contribution < 1.29 is 26.2 Å². The van der Waals surface area contributed by atoms with E-state index in [-0.39, 0.29) is 26.2 Å². The molecule has 0 N–H and O–H groups in total. The summed E-state index contributed by atoms with van der Waals surface area (Å²) < 4.78 is 0. The normalized spacial score (nSPS) is 9.27. The van der Waals surface area contributed by atoms with Gasteiger partial charge in [-0.1, -0.05) is 33.1 Å².